The van der Waals surface area contributed by atoms with Gasteiger partial charge in [0.1, 0.15) is 6.29 Å². The minimum atomic E-state index is -0.301. The third-order valence-corrected chi connectivity index (χ3v) is 3.67. The van der Waals surface area contributed by atoms with E-state index >= 15 is 0 Å². The molecule has 21 heavy (non-hydrogen) atoms. The van der Waals surface area contributed by atoms with E-state index in [1.54, 1.807) is 0 Å². The van der Waals surface area contributed by atoms with Crippen LogP contribution in [0.3, 0.4) is 0 Å². The molecule has 0 aliphatic heterocycles. The molecule has 0 fully saturated rings. The number of anilines is 1. The first kappa shape index (κ1) is 15.0. The Kier molecular flexibility index (Phi) is 4.93. The van der Waals surface area contributed by atoms with Gasteiger partial charge in [-0.1, -0.05) is 30.4 Å². The van der Waals surface area contributed by atoms with Gasteiger partial charge < -0.3 is 14.8 Å². The third kappa shape index (κ3) is 3.21. The molecule has 0 aromatic heterocycles. The van der Waals surface area contributed by atoms with Crippen LogP contribution in [-0.4, -0.2) is 26.4 Å². The lowest BCUT2D eigenvalue weighted by Crippen LogP contribution is -2.17. The molecule has 1 atom stereocenters. The van der Waals surface area contributed by atoms with Gasteiger partial charge in [0, 0.05) is 24.7 Å². The van der Waals surface area contributed by atoms with Gasteiger partial charge in [0.2, 0.25) is 0 Å². The molecule has 1 aliphatic carbocycles. The van der Waals surface area contributed by atoms with E-state index in [0.717, 1.165) is 28.7 Å². The average molecular weight is 285 g/mol. The van der Waals surface area contributed by atoms with Crippen molar-refractivity contribution in [1.29, 1.82) is 0 Å². The number of aldehydes is 1. The van der Waals surface area contributed by atoms with Gasteiger partial charge in [0.25, 0.3) is 0 Å². The van der Waals surface area contributed by atoms with Crippen LogP contribution in [0, 0.1) is 5.92 Å². The zero-order valence-electron chi connectivity index (χ0n) is 12.3. The van der Waals surface area contributed by atoms with E-state index in [1.807, 2.05) is 43.5 Å². The third-order valence-electron chi connectivity index (χ3n) is 3.67. The maximum atomic E-state index is 11.8. The van der Waals surface area contributed by atoms with Crippen LogP contribution in [0.25, 0.3) is 5.57 Å². The average Bonchev–Trinajstić information content (AvgIpc) is 2.54. The summed E-state index contributed by atoms with van der Waals surface area (Å²) in [6, 6.07) is 7.88. The predicted molar refractivity (Wildman–Crippen MR) is 82.9 cm³/mol. The molecule has 0 bridgehead atoms. The number of allylic oxidation sites excluding steroid dienone is 3. The molecule has 1 aromatic carbocycles. The fourth-order valence-electron chi connectivity index (χ4n) is 2.59. The molecular formula is C17H19NO3. The normalized spacial score (nSPS) is 17.5. The summed E-state index contributed by atoms with van der Waals surface area (Å²) in [6.07, 6.45) is 5.46. The van der Waals surface area contributed by atoms with E-state index < -0.39 is 0 Å². The van der Waals surface area contributed by atoms with Crippen molar-refractivity contribution >= 4 is 23.5 Å². The van der Waals surface area contributed by atoms with Crippen molar-refractivity contribution in [3.05, 3.63) is 47.6 Å². The predicted octanol–water partition coefficient (Wildman–Crippen LogP) is 2.82. The maximum absolute atomic E-state index is 11.8. The molecule has 110 valence electrons. The van der Waals surface area contributed by atoms with Gasteiger partial charge in [-0.15, -0.1) is 0 Å². The zero-order chi connectivity index (χ0) is 15.2. The first-order valence-corrected chi connectivity index (χ1v) is 6.90. The van der Waals surface area contributed by atoms with E-state index in [9.17, 15) is 9.59 Å². The van der Waals surface area contributed by atoms with E-state index in [1.165, 1.54) is 7.11 Å². The minimum absolute atomic E-state index is 0.254. The smallest absolute Gasteiger partial charge is 0.312 e. The van der Waals surface area contributed by atoms with Crippen LogP contribution >= 0.6 is 0 Å². The molecule has 0 spiro atoms. The number of ether oxygens (including phenoxy) is 1. The van der Waals surface area contributed by atoms with Gasteiger partial charge in [0.05, 0.1) is 13.0 Å². The standard InChI is InChI=1S/C17H19NO3/c1-18-16-6-4-3-5-14(16)15-11-13(17(20)21-2)8-7-12(15)9-10-19/h3-8,10,13,18H,9,11H2,1-2H3. The Labute approximate surface area is 124 Å². The highest BCUT2D eigenvalue weighted by Crippen LogP contribution is 2.36. The van der Waals surface area contributed by atoms with Crippen LogP contribution in [-0.2, 0) is 14.3 Å². The first-order chi connectivity index (χ1) is 10.2. The Hall–Kier alpha value is -2.36. The Balaban J connectivity index is 2.45. The Bertz CT molecular complexity index is 602. The van der Waals surface area contributed by atoms with Crippen molar-refractivity contribution in [2.24, 2.45) is 5.92 Å². The molecule has 1 unspecified atom stereocenters. The summed E-state index contributed by atoms with van der Waals surface area (Å²) in [7, 11) is 3.25. The molecule has 2 rings (SSSR count). The Morgan fingerprint density at radius 3 is 2.86 bits per heavy atom. The number of methoxy groups -OCH3 is 1. The molecule has 1 aliphatic rings. The number of hydrogen-bond donors (Lipinski definition) is 1. The van der Waals surface area contributed by atoms with E-state index in [0.29, 0.717) is 12.8 Å². The van der Waals surface area contributed by atoms with Gasteiger partial charge in [0.15, 0.2) is 0 Å². The van der Waals surface area contributed by atoms with Gasteiger partial charge in [-0.2, -0.15) is 0 Å². The van der Waals surface area contributed by atoms with Crippen molar-refractivity contribution in [2.75, 3.05) is 19.5 Å². The van der Waals surface area contributed by atoms with Gasteiger partial charge in [-0.25, -0.2) is 0 Å². The van der Waals surface area contributed by atoms with Crippen molar-refractivity contribution in [1.82, 2.24) is 0 Å². The van der Waals surface area contributed by atoms with Crippen molar-refractivity contribution in [3.63, 3.8) is 0 Å². The van der Waals surface area contributed by atoms with Crippen LogP contribution in [0.2, 0.25) is 0 Å². The largest absolute Gasteiger partial charge is 0.469 e. The Morgan fingerprint density at radius 1 is 1.43 bits per heavy atom. The lowest BCUT2D eigenvalue weighted by Gasteiger charge is -2.22. The highest BCUT2D eigenvalue weighted by molar-refractivity contribution is 5.86. The fraction of sp³-hybridized carbons (Fsp3) is 0.294. The lowest BCUT2D eigenvalue weighted by atomic mass is 9.84. The van der Waals surface area contributed by atoms with Crippen molar-refractivity contribution in [2.45, 2.75) is 12.8 Å². The summed E-state index contributed by atoms with van der Waals surface area (Å²) in [5.74, 6) is -0.554. The highest BCUT2D eigenvalue weighted by atomic mass is 16.5. The first-order valence-electron chi connectivity index (χ1n) is 6.90. The molecular weight excluding hydrogens is 266 g/mol. The fourth-order valence-corrected chi connectivity index (χ4v) is 2.59. The van der Waals surface area contributed by atoms with E-state index in [4.69, 9.17) is 4.74 Å². The summed E-state index contributed by atoms with van der Waals surface area (Å²) in [5, 5.41) is 3.15. The molecule has 0 heterocycles. The molecule has 1 N–H and O–H groups in total. The van der Waals surface area contributed by atoms with Gasteiger partial charge in [-0.3, -0.25) is 4.79 Å². The number of hydrogen-bond acceptors (Lipinski definition) is 4. The van der Waals surface area contributed by atoms with Crippen LogP contribution in [0.4, 0.5) is 5.69 Å². The summed E-state index contributed by atoms with van der Waals surface area (Å²) in [5.41, 5.74) is 3.97. The van der Waals surface area contributed by atoms with Crippen LogP contribution in [0.15, 0.2) is 42.0 Å². The second kappa shape index (κ2) is 6.88. The quantitative estimate of drug-likeness (QED) is 0.667. The highest BCUT2D eigenvalue weighted by Gasteiger charge is 2.24. The zero-order valence-corrected chi connectivity index (χ0v) is 12.3. The number of benzene rings is 1. The number of para-hydroxylation sites is 1. The molecule has 0 amide bonds. The topological polar surface area (TPSA) is 55.4 Å². The summed E-state index contributed by atoms with van der Waals surface area (Å²) in [4.78, 5) is 22.7. The molecule has 1 aromatic rings. The van der Waals surface area contributed by atoms with Gasteiger partial charge >= 0.3 is 5.97 Å². The second-order valence-electron chi connectivity index (χ2n) is 4.86. The molecule has 4 heteroatoms. The number of carbonyl (C=O) groups excluding carboxylic acids is 2. The monoisotopic (exact) mass is 285 g/mol. The lowest BCUT2D eigenvalue weighted by molar-refractivity contribution is -0.143. The molecule has 4 nitrogen and oxygen atoms in total. The number of carbonyl (C=O) groups is 2. The van der Waals surface area contributed by atoms with Crippen molar-refractivity contribution < 1.29 is 14.3 Å². The molecule has 0 saturated carbocycles. The Morgan fingerprint density at radius 2 is 2.19 bits per heavy atom. The summed E-state index contributed by atoms with van der Waals surface area (Å²) < 4.78 is 4.83. The molecule has 0 saturated heterocycles. The van der Waals surface area contributed by atoms with Crippen LogP contribution in [0.5, 0.6) is 0 Å². The van der Waals surface area contributed by atoms with Crippen molar-refractivity contribution in [3.8, 4) is 0 Å². The summed E-state index contributed by atoms with van der Waals surface area (Å²) in [6.45, 7) is 0. The second-order valence-corrected chi connectivity index (χ2v) is 4.86. The van der Waals surface area contributed by atoms with Crippen LogP contribution in [0.1, 0.15) is 18.4 Å². The number of rotatable bonds is 5. The van der Waals surface area contributed by atoms with E-state index in [-0.39, 0.29) is 11.9 Å². The maximum Gasteiger partial charge on any atom is 0.312 e. The minimum Gasteiger partial charge on any atom is -0.469 e. The number of nitrogens with one attached hydrogen (secondary N) is 1. The van der Waals surface area contributed by atoms with E-state index in [2.05, 4.69) is 5.32 Å². The molecule has 0 radical (unpaired) electrons. The number of esters is 1. The SMILES string of the molecule is CNc1ccccc1C1=C(CC=O)C=CC(C(=O)OC)C1. The van der Waals surface area contributed by atoms with Crippen LogP contribution < -0.4 is 5.32 Å². The van der Waals surface area contributed by atoms with Gasteiger partial charge in [-0.05, 0) is 23.6 Å². The summed E-state index contributed by atoms with van der Waals surface area (Å²) >= 11 is 0.